The Morgan fingerprint density at radius 3 is 1.98 bits per heavy atom. The molecule has 0 atom stereocenters. The maximum absolute atomic E-state index is 6.77. The van der Waals surface area contributed by atoms with Crippen molar-refractivity contribution in [2.24, 2.45) is 0 Å². The molecule has 0 spiro atoms. The van der Waals surface area contributed by atoms with E-state index in [1.165, 1.54) is 57.9 Å². The molecule has 0 bridgehead atoms. The van der Waals surface area contributed by atoms with Crippen molar-refractivity contribution in [2.45, 2.75) is 0 Å². The molecule has 5 heterocycles. The summed E-state index contributed by atoms with van der Waals surface area (Å²) < 4.78 is 14.0. The van der Waals surface area contributed by atoms with Gasteiger partial charge in [-0.15, -0.1) is 11.3 Å². The molecule has 14 rings (SSSR count). The monoisotopic (exact) mass is 782 g/mol. The molecule has 0 radical (unpaired) electrons. The van der Waals surface area contributed by atoms with Crippen LogP contribution in [0, 0.1) is 0 Å². The van der Waals surface area contributed by atoms with E-state index in [1.54, 1.807) is 0 Å². The van der Waals surface area contributed by atoms with Crippen molar-refractivity contribution in [3.8, 4) is 22.9 Å². The molecule has 6 heteroatoms. The third kappa shape index (κ3) is 4.24. The minimum atomic E-state index is 0.609. The highest BCUT2D eigenvalue weighted by Gasteiger charge is 2.26. The van der Waals surface area contributed by atoms with Gasteiger partial charge >= 0.3 is 0 Å². The van der Waals surface area contributed by atoms with E-state index in [9.17, 15) is 0 Å². The summed E-state index contributed by atoms with van der Waals surface area (Å²) in [5, 5.41) is 13.1. The van der Waals surface area contributed by atoms with E-state index in [1.807, 2.05) is 23.5 Å². The van der Waals surface area contributed by atoms with Crippen LogP contribution >= 0.6 is 11.3 Å². The molecule has 0 amide bonds. The lowest BCUT2D eigenvalue weighted by atomic mass is 9.98. The van der Waals surface area contributed by atoms with Crippen molar-refractivity contribution in [3.05, 3.63) is 182 Å². The number of thiophene rings is 1. The molecule has 0 N–H and O–H groups in total. The van der Waals surface area contributed by atoms with Crippen LogP contribution < -0.4 is 0 Å². The average molecular weight is 783 g/mol. The highest BCUT2D eigenvalue weighted by atomic mass is 32.1. The lowest BCUT2D eigenvalue weighted by Crippen LogP contribution is -2.03. The molecule has 5 aromatic heterocycles. The van der Waals surface area contributed by atoms with Crippen molar-refractivity contribution < 1.29 is 4.42 Å². The van der Waals surface area contributed by atoms with E-state index in [0.717, 1.165) is 60.9 Å². The molecule has 60 heavy (non-hydrogen) atoms. The summed E-state index contributed by atoms with van der Waals surface area (Å²) in [5.41, 5.74) is 9.53. The van der Waals surface area contributed by atoms with E-state index in [-0.39, 0.29) is 0 Å². The van der Waals surface area contributed by atoms with Crippen molar-refractivity contribution in [1.29, 1.82) is 0 Å². The van der Waals surface area contributed by atoms with E-state index in [4.69, 9.17) is 14.4 Å². The molecule has 14 aromatic rings. The molecular formula is C54H30N4OS. The molecule has 5 nitrogen and oxygen atoms in total. The number of fused-ring (bicyclic) bond motifs is 18. The molecule has 278 valence electrons. The van der Waals surface area contributed by atoms with Gasteiger partial charge in [0.1, 0.15) is 16.8 Å². The van der Waals surface area contributed by atoms with E-state index >= 15 is 0 Å². The Morgan fingerprint density at radius 2 is 1.12 bits per heavy atom. The number of rotatable bonds is 3. The number of para-hydroxylation sites is 3. The van der Waals surface area contributed by atoms with Crippen LogP contribution in [0.2, 0.25) is 0 Å². The van der Waals surface area contributed by atoms with Gasteiger partial charge in [0.2, 0.25) is 5.95 Å². The SMILES string of the molecule is c1ccc(-n2c3ccccc3c3ccc(-c4nc(-n5c6c7ccccc7ccc6c6c7ccccc7c7c8ccccc8sc7c65)nc5c4oc4ccccc45)cc32)cc1. The van der Waals surface area contributed by atoms with Gasteiger partial charge in [-0.05, 0) is 58.6 Å². The zero-order valence-corrected chi connectivity index (χ0v) is 32.7. The lowest BCUT2D eigenvalue weighted by molar-refractivity contribution is 0.666. The minimum Gasteiger partial charge on any atom is -0.452 e. The molecule has 9 aromatic carbocycles. The summed E-state index contributed by atoms with van der Waals surface area (Å²) in [6, 6.07) is 65.1. The third-order valence-electron chi connectivity index (χ3n) is 12.5. The summed E-state index contributed by atoms with van der Waals surface area (Å²) in [6.07, 6.45) is 0. The Hall–Kier alpha value is -7.80. The zero-order valence-electron chi connectivity index (χ0n) is 31.9. The van der Waals surface area contributed by atoms with Crippen LogP contribution in [0.15, 0.2) is 186 Å². The lowest BCUT2D eigenvalue weighted by Gasteiger charge is -2.12. The maximum atomic E-state index is 6.77. The number of hydrogen-bond acceptors (Lipinski definition) is 4. The number of furan rings is 1. The van der Waals surface area contributed by atoms with Crippen molar-refractivity contribution in [1.82, 2.24) is 19.1 Å². The Balaban J connectivity index is 1.18. The number of aromatic nitrogens is 4. The molecular weight excluding hydrogens is 753 g/mol. The molecule has 0 aliphatic heterocycles. The summed E-state index contributed by atoms with van der Waals surface area (Å²) >= 11 is 1.85. The normalized spacial score (nSPS) is 12.3. The van der Waals surface area contributed by atoms with Crippen molar-refractivity contribution in [3.63, 3.8) is 0 Å². The highest BCUT2D eigenvalue weighted by Crippen LogP contribution is 2.49. The predicted octanol–water partition coefficient (Wildman–Crippen LogP) is 14.9. The fourth-order valence-electron chi connectivity index (χ4n) is 9.98. The van der Waals surface area contributed by atoms with Gasteiger partial charge in [0.15, 0.2) is 5.58 Å². The van der Waals surface area contributed by atoms with Gasteiger partial charge in [0, 0.05) is 59.0 Å². The van der Waals surface area contributed by atoms with E-state index in [2.05, 4.69) is 179 Å². The van der Waals surface area contributed by atoms with Gasteiger partial charge < -0.3 is 8.98 Å². The Morgan fingerprint density at radius 1 is 0.450 bits per heavy atom. The zero-order chi connectivity index (χ0) is 39.1. The topological polar surface area (TPSA) is 48.8 Å². The first-order valence-corrected chi connectivity index (χ1v) is 21.1. The molecule has 0 fully saturated rings. The molecule has 0 saturated heterocycles. The Bertz CT molecular complexity index is 4130. The Kier molecular flexibility index (Phi) is 6.38. The summed E-state index contributed by atoms with van der Waals surface area (Å²) in [5.74, 6) is 0.609. The summed E-state index contributed by atoms with van der Waals surface area (Å²) in [6.45, 7) is 0. The van der Waals surface area contributed by atoms with Crippen LogP contribution in [0.5, 0.6) is 0 Å². The van der Waals surface area contributed by atoms with Crippen LogP contribution in [-0.2, 0) is 0 Å². The van der Waals surface area contributed by atoms with Gasteiger partial charge in [0.05, 0.1) is 26.8 Å². The van der Waals surface area contributed by atoms with Gasteiger partial charge in [0.25, 0.3) is 0 Å². The number of nitrogens with zero attached hydrogens (tertiary/aromatic N) is 4. The van der Waals surface area contributed by atoms with Crippen molar-refractivity contribution in [2.75, 3.05) is 0 Å². The largest absolute Gasteiger partial charge is 0.452 e. The first-order chi connectivity index (χ1) is 29.8. The fraction of sp³-hybridized carbons (Fsp3) is 0. The van der Waals surface area contributed by atoms with Crippen LogP contribution in [0.25, 0.3) is 130 Å². The van der Waals surface area contributed by atoms with Crippen LogP contribution in [0.3, 0.4) is 0 Å². The van der Waals surface area contributed by atoms with Gasteiger partial charge in [-0.3, -0.25) is 4.57 Å². The smallest absolute Gasteiger partial charge is 0.236 e. The van der Waals surface area contributed by atoms with Gasteiger partial charge in [-0.1, -0.05) is 140 Å². The predicted molar refractivity (Wildman–Crippen MR) is 251 cm³/mol. The van der Waals surface area contributed by atoms with E-state index in [0.29, 0.717) is 11.5 Å². The first kappa shape index (κ1) is 32.2. The standard InChI is InChI=1S/C54H30N4OS/c1-2-15-33(16-3-1)57-42-23-11-8-18-35(42)36-28-27-32(30-43(36)57)48-52-49(39-21-9-12-24-44(39)59-52)56-54(55-48)58-50-34-17-5-4-14-31(34)26-29-41(50)46-37-19-6-7-20-38(37)47-40-22-10-13-25-45(40)60-53(47)51(46)58/h1-30H. The number of hydrogen-bond donors (Lipinski definition) is 0. The average Bonchev–Trinajstić information content (AvgIpc) is 4.07. The van der Waals surface area contributed by atoms with E-state index < -0.39 is 0 Å². The molecule has 0 aliphatic rings. The first-order valence-electron chi connectivity index (χ1n) is 20.2. The van der Waals surface area contributed by atoms with Gasteiger partial charge in [-0.25, -0.2) is 9.97 Å². The third-order valence-corrected chi connectivity index (χ3v) is 13.7. The second kappa shape index (κ2) is 11.9. The Labute approximate surface area is 345 Å². The number of benzene rings is 9. The molecule has 0 unspecified atom stereocenters. The minimum absolute atomic E-state index is 0.609. The summed E-state index contributed by atoms with van der Waals surface area (Å²) in [4.78, 5) is 11.2. The second-order valence-electron chi connectivity index (χ2n) is 15.7. The maximum Gasteiger partial charge on any atom is 0.236 e. The van der Waals surface area contributed by atoms with Crippen LogP contribution in [-0.4, -0.2) is 19.1 Å². The van der Waals surface area contributed by atoms with Crippen LogP contribution in [0.1, 0.15) is 0 Å². The van der Waals surface area contributed by atoms with Gasteiger partial charge in [-0.2, -0.15) is 0 Å². The summed E-state index contributed by atoms with van der Waals surface area (Å²) in [7, 11) is 0. The van der Waals surface area contributed by atoms with Crippen molar-refractivity contribution >= 4 is 119 Å². The second-order valence-corrected chi connectivity index (χ2v) is 16.7. The molecule has 0 aliphatic carbocycles. The fourth-order valence-corrected chi connectivity index (χ4v) is 11.2. The van der Waals surface area contributed by atoms with Crippen LogP contribution in [0.4, 0.5) is 0 Å². The molecule has 0 saturated carbocycles. The highest BCUT2D eigenvalue weighted by molar-refractivity contribution is 7.27. The quantitative estimate of drug-likeness (QED) is 0.179.